The Bertz CT molecular complexity index is 408. The van der Waals surface area contributed by atoms with Gasteiger partial charge in [0.25, 0.3) is 0 Å². The summed E-state index contributed by atoms with van der Waals surface area (Å²) in [4.78, 5) is 12.7. The Labute approximate surface area is 114 Å². The summed E-state index contributed by atoms with van der Waals surface area (Å²) in [5.41, 5.74) is 0.846. The van der Waals surface area contributed by atoms with Gasteiger partial charge < -0.3 is 14.7 Å². The number of benzene rings is 1. The third-order valence-corrected chi connectivity index (χ3v) is 2.87. The summed E-state index contributed by atoms with van der Waals surface area (Å²) in [7, 11) is 0. The van der Waals surface area contributed by atoms with Crippen molar-refractivity contribution in [2.75, 3.05) is 26.2 Å². The number of hydrogen-bond acceptors (Lipinski definition) is 3. The molecule has 0 radical (unpaired) electrons. The van der Waals surface area contributed by atoms with Gasteiger partial charge in [0.05, 0.1) is 0 Å². The van der Waals surface area contributed by atoms with Crippen molar-refractivity contribution in [2.24, 2.45) is 0 Å². The molecule has 0 aliphatic carbocycles. The van der Waals surface area contributed by atoms with Crippen molar-refractivity contribution in [1.29, 1.82) is 0 Å². The van der Waals surface area contributed by atoms with E-state index in [1.165, 1.54) is 0 Å². The van der Waals surface area contributed by atoms with Gasteiger partial charge in [0.1, 0.15) is 12.4 Å². The number of carboxylic acids is 1. The first kappa shape index (κ1) is 15.2. The molecule has 0 amide bonds. The predicted octanol–water partition coefficient (Wildman–Crippen LogP) is 2.50. The number of nitrogens with zero attached hydrogens (tertiary/aromatic N) is 1. The number of carbonyl (C=O) groups is 1. The Kier molecular flexibility index (Phi) is 6.68. The van der Waals surface area contributed by atoms with Gasteiger partial charge in [-0.1, -0.05) is 26.0 Å². The molecule has 0 fully saturated rings. The number of rotatable bonds is 8. The number of likely N-dealkylation sites (N-methyl/N-ethyl adjacent to an activating group) is 1. The first-order valence-corrected chi connectivity index (χ1v) is 6.52. The van der Waals surface area contributed by atoms with Gasteiger partial charge in [0.2, 0.25) is 0 Å². The molecule has 1 aromatic rings. The Balaban J connectivity index is 2.42. The van der Waals surface area contributed by atoms with E-state index in [4.69, 9.17) is 9.84 Å². The van der Waals surface area contributed by atoms with Crippen LogP contribution in [0.2, 0.25) is 0 Å². The van der Waals surface area contributed by atoms with E-state index in [1.54, 1.807) is 6.08 Å². The molecule has 0 aromatic heterocycles. The summed E-state index contributed by atoms with van der Waals surface area (Å²) in [6.45, 7) is 7.89. The van der Waals surface area contributed by atoms with Crippen molar-refractivity contribution in [3.8, 4) is 5.75 Å². The van der Waals surface area contributed by atoms with Gasteiger partial charge in [-0.3, -0.25) is 0 Å². The van der Waals surface area contributed by atoms with E-state index >= 15 is 0 Å². The second kappa shape index (κ2) is 8.32. The molecule has 0 heterocycles. The van der Waals surface area contributed by atoms with Crippen molar-refractivity contribution in [3.05, 3.63) is 35.9 Å². The fourth-order valence-corrected chi connectivity index (χ4v) is 1.68. The zero-order valence-electron chi connectivity index (χ0n) is 11.5. The van der Waals surface area contributed by atoms with E-state index in [0.29, 0.717) is 6.61 Å². The van der Waals surface area contributed by atoms with Crippen LogP contribution >= 0.6 is 0 Å². The standard InChI is InChI=1S/C15H21NO3/c1-3-16(4-2)11-12-19-14-8-5-13(6-9-14)7-10-15(17)18/h5-10H,3-4,11-12H2,1-2H3,(H,17,18)/b10-7+. The molecule has 0 saturated carbocycles. The topological polar surface area (TPSA) is 49.8 Å². The lowest BCUT2D eigenvalue weighted by Crippen LogP contribution is -2.27. The van der Waals surface area contributed by atoms with Crippen LogP contribution in [0.4, 0.5) is 0 Å². The molecule has 19 heavy (non-hydrogen) atoms. The van der Waals surface area contributed by atoms with Crippen molar-refractivity contribution >= 4 is 12.0 Å². The van der Waals surface area contributed by atoms with E-state index in [9.17, 15) is 4.79 Å². The summed E-state index contributed by atoms with van der Waals surface area (Å²) >= 11 is 0. The van der Waals surface area contributed by atoms with Crippen LogP contribution in [0.25, 0.3) is 6.08 Å². The van der Waals surface area contributed by atoms with Gasteiger partial charge in [-0.15, -0.1) is 0 Å². The monoisotopic (exact) mass is 263 g/mol. The van der Waals surface area contributed by atoms with Crippen molar-refractivity contribution in [3.63, 3.8) is 0 Å². The summed E-state index contributed by atoms with van der Waals surface area (Å²) in [6, 6.07) is 7.38. The highest BCUT2D eigenvalue weighted by atomic mass is 16.5. The van der Waals surface area contributed by atoms with Gasteiger partial charge in [0, 0.05) is 12.6 Å². The highest BCUT2D eigenvalue weighted by Crippen LogP contribution is 2.13. The normalized spacial score (nSPS) is 11.1. The van der Waals surface area contributed by atoms with Crippen molar-refractivity contribution in [2.45, 2.75) is 13.8 Å². The maximum Gasteiger partial charge on any atom is 0.328 e. The Morgan fingerprint density at radius 3 is 2.42 bits per heavy atom. The lowest BCUT2D eigenvalue weighted by molar-refractivity contribution is -0.131. The summed E-state index contributed by atoms with van der Waals surface area (Å²) in [6.07, 6.45) is 2.68. The van der Waals surface area contributed by atoms with Crippen LogP contribution in [0.3, 0.4) is 0 Å². The average Bonchev–Trinajstić information content (AvgIpc) is 2.42. The van der Waals surface area contributed by atoms with Crippen LogP contribution in [0.5, 0.6) is 5.75 Å². The zero-order chi connectivity index (χ0) is 14.1. The number of hydrogen-bond donors (Lipinski definition) is 1. The molecule has 0 saturated heterocycles. The van der Waals surface area contributed by atoms with Crippen molar-refractivity contribution in [1.82, 2.24) is 4.90 Å². The fourth-order valence-electron chi connectivity index (χ4n) is 1.68. The minimum Gasteiger partial charge on any atom is -0.492 e. The van der Waals surface area contributed by atoms with Crippen LogP contribution in [0, 0.1) is 0 Å². The van der Waals surface area contributed by atoms with E-state index in [2.05, 4.69) is 18.7 Å². The highest BCUT2D eigenvalue weighted by Gasteiger charge is 1.99. The number of carboxylic acid groups (broad SMARTS) is 1. The second-order valence-electron chi connectivity index (χ2n) is 4.12. The summed E-state index contributed by atoms with van der Waals surface area (Å²) in [5, 5.41) is 8.53. The van der Waals surface area contributed by atoms with Gasteiger partial charge in [-0.2, -0.15) is 0 Å². The SMILES string of the molecule is CCN(CC)CCOc1ccc(/C=C/C(=O)O)cc1. The molecule has 1 N–H and O–H groups in total. The largest absolute Gasteiger partial charge is 0.492 e. The zero-order valence-corrected chi connectivity index (χ0v) is 11.5. The molecule has 1 aromatic carbocycles. The van der Waals surface area contributed by atoms with Crippen LogP contribution in [-0.4, -0.2) is 42.2 Å². The maximum absolute atomic E-state index is 10.4. The summed E-state index contributed by atoms with van der Waals surface area (Å²) in [5.74, 6) is -0.140. The lowest BCUT2D eigenvalue weighted by atomic mass is 10.2. The van der Waals surface area contributed by atoms with Gasteiger partial charge >= 0.3 is 5.97 Å². The van der Waals surface area contributed by atoms with E-state index in [-0.39, 0.29) is 0 Å². The summed E-state index contributed by atoms with van der Waals surface area (Å²) < 4.78 is 5.64. The molecule has 104 valence electrons. The van der Waals surface area contributed by atoms with Crippen LogP contribution < -0.4 is 4.74 Å². The quantitative estimate of drug-likeness (QED) is 0.732. The molecule has 0 aliphatic rings. The van der Waals surface area contributed by atoms with Crippen LogP contribution in [0.15, 0.2) is 30.3 Å². The average molecular weight is 263 g/mol. The molecular weight excluding hydrogens is 242 g/mol. The van der Waals surface area contributed by atoms with E-state index in [0.717, 1.165) is 37.0 Å². The number of aliphatic carboxylic acids is 1. The maximum atomic E-state index is 10.4. The molecule has 0 spiro atoms. The minimum atomic E-state index is -0.945. The molecule has 4 heteroatoms. The van der Waals surface area contributed by atoms with Crippen LogP contribution in [0.1, 0.15) is 19.4 Å². The molecule has 0 bridgehead atoms. The number of ether oxygens (including phenoxy) is 1. The first-order valence-electron chi connectivity index (χ1n) is 6.52. The van der Waals surface area contributed by atoms with Gasteiger partial charge in [-0.25, -0.2) is 4.79 Å². The molecule has 0 aliphatic heterocycles. The first-order chi connectivity index (χ1) is 9.15. The third kappa shape index (κ3) is 6.06. The Morgan fingerprint density at radius 1 is 1.26 bits per heavy atom. The van der Waals surface area contributed by atoms with Crippen molar-refractivity contribution < 1.29 is 14.6 Å². The molecule has 0 unspecified atom stereocenters. The molecular formula is C15H21NO3. The lowest BCUT2D eigenvalue weighted by Gasteiger charge is -2.17. The predicted molar refractivity (Wildman–Crippen MR) is 76.4 cm³/mol. The molecule has 4 nitrogen and oxygen atoms in total. The van der Waals surface area contributed by atoms with Gasteiger partial charge in [-0.05, 0) is 36.9 Å². The molecule has 0 atom stereocenters. The second-order valence-corrected chi connectivity index (χ2v) is 4.12. The Hall–Kier alpha value is -1.81. The van der Waals surface area contributed by atoms with Crippen LogP contribution in [-0.2, 0) is 4.79 Å². The smallest absolute Gasteiger partial charge is 0.328 e. The third-order valence-electron chi connectivity index (χ3n) is 2.87. The van der Waals surface area contributed by atoms with E-state index in [1.807, 2.05) is 24.3 Å². The van der Waals surface area contributed by atoms with Gasteiger partial charge in [0.15, 0.2) is 0 Å². The fraction of sp³-hybridized carbons (Fsp3) is 0.400. The Morgan fingerprint density at radius 2 is 1.89 bits per heavy atom. The van der Waals surface area contributed by atoms with E-state index < -0.39 is 5.97 Å². The molecule has 1 rings (SSSR count). The highest BCUT2D eigenvalue weighted by molar-refractivity contribution is 5.85. The minimum absolute atomic E-state index is 0.659.